The Morgan fingerprint density at radius 2 is 1.73 bits per heavy atom. The first-order valence-electron chi connectivity index (χ1n) is 7.38. The summed E-state index contributed by atoms with van der Waals surface area (Å²) in [7, 11) is -2.84. The van der Waals surface area contributed by atoms with Crippen LogP contribution in [0.5, 0.6) is 0 Å². The lowest BCUT2D eigenvalue weighted by molar-refractivity contribution is -0.384. The summed E-state index contributed by atoms with van der Waals surface area (Å²) in [6.07, 6.45) is 0.736. The Balaban J connectivity index is 1.58. The maximum atomic E-state index is 11.6. The van der Waals surface area contributed by atoms with Crippen molar-refractivity contribution in [1.29, 1.82) is 0 Å². The molecule has 1 aromatic rings. The molecular formula is C14H19N3O4S. The lowest BCUT2D eigenvalue weighted by Gasteiger charge is -2.38. The fourth-order valence-electron chi connectivity index (χ4n) is 3.19. The van der Waals surface area contributed by atoms with Crippen LogP contribution in [0.15, 0.2) is 24.3 Å². The van der Waals surface area contributed by atoms with Gasteiger partial charge in [0, 0.05) is 50.0 Å². The second-order valence-corrected chi connectivity index (χ2v) is 8.08. The first-order chi connectivity index (χ1) is 10.4. The molecule has 0 bridgehead atoms. The minimum absolute atomic E-state index is 0.0959. The lowest BCUT2D eigenvalue weighted by atomic mass is 10.1. The summed E-state index contributed by atoms with van der Waals surface area (Å²) in [5, 5.41) is 10.7. The van der Waals surface area contributed by atoms with E-state index >= 15 is 0 Å². The predicted molar refractivity (Wildman–Crippen MR) is 83.9 cm³/mol. The van der Waals surface area contributed by atoms with Crippen LogP contribution in [0.4, 0.5) is 11.4 Å². The average Bonchev–Trinajstić information content (AvgIpc) is 2.88. The van der Waals surface area contributed by atoms with Gasteiger partial charge in [0.1, 0.15) is 0 Å². The first-order valence-corrected chi connectivity index (χ1v) is 9.21. The summed E-state index contributed by atoms with van der Waals surface area (Å²) >= 11 is 0. The van der Waals surface area contributed by atoms with Gasteiger partial charge in [-0.1, -0.05) is 0 Å². The number of nitro groups is 1. The molecule has 2 aliphatic heterocycles. The molecule has 0 saturated carbocycles. The molecular weight excluding hydrogens is 306 g/mol. The van der Waals surface area contributed by atoms with E-state index in [-0.39, 0.29) is 17.5 Å². The largest absolute Gasteiger partial charge is 0.369 e. The molecule has 0 N–H and O–H groups in total. The molecule has 2 aliphatic rings. The zero-order valence-corrected chi connectivity index (χ0v) is 13.0. The predicted octanol–water partition coefficient (Wildman–Crippen LogP) is 0.904. The van der Waals surface area contributed by atoms with Gasteiger partial charge in [0.05, 0.1) is 16.4 Å². The van der Waals surface area contributed by atoms with Crippen molar-refractivity contribution in [3.63, 3.8) is 0 Å². The quantitative estimate of drug-likeness (QED) is 0.606. The number of hydrogen-bond acceptors (Lipinski definition) is 6. The van der Waals surface area contributed by atoms with Gasteiger partial charge in [-0.3, -0.25) is 15.0 Å². The van der Waals surface area contributed by atoms with E-state index in [1.54, 1.807) is 12.1 Å². The number of hydrogen-bond donors (Lipinski definition) is 0. The topological polar surface area (TPSA) is 83.8 Å². The number of benzene rings is 1. The van der Waals surface area contributed by atoms with E-state index < -0.39 is 14.8 Å². The number of non-ortho nitro benzene ring substituents is 1. The second kappa shape index (κ2) is 5.85. The Morgan fingerprint density at radius 3 is 2.23 bits per heavy atom. The molecule has 0 radical (unpaired) electrons. The van der Waals surface area contributed by atoms with Crippen LogP contribution in [0.25, 0.3) is 0 Å². The van der Waals surface area contributed by atoms with Crippen LogP contribution in [-0.4, -0.2) is 62.0 Å². The first kappa shape index (κ1) is 15.2. The Labute approximate surface area is 129 Å². The molecule has 0 unspecified atom stereocenters. The highest BCUT2D eigenvalue weighted by Crippen LogP contribution is 2.23. The maximum Gasteiger partial charge on any atom is 0.269 e. The van der Waals surface area contributed by atoms with Crippen molar-refractivity contribution in [1.82, 2.24) is 4.90 Å². The van der Waals surface area contributed by atoms with Crippen molar-refractivity contribution in [2.75, 3.05) is 42.6 Å². The van der Waals surface area contributed by atoms with Crippen molar-refractivity contribution >= 4 is 21.2 Å². The molecule has 0 aliphatic carbocycles. The van der Waals surface area contributed by atoms with Crippen molar-refractivity contribution < 1.29 is 13.3 Å². The number of sulfone groups is 1. The van der Waals surface area contributed by atoms with Gasteiger partial charge in [-0.25, -0.2) is 8.42 Å². The molecule has 0 amide bonds. The van der Waals surface area contributed by atoms with E-state index in [1.165, 1.54) is 12.1 Å². The zero-order valence-electron chi connectivity index (χ0n) is 12.2. The number of anilines is 1. The fraction of sp³-hybridized carbons (Fsp3) is 0.571. The molecule has 1 aromatic carbocycles. The van der Waals surface area contributed by atoms with Gasteiger partial charge in [-0.05, 0) is 18.6 Å². The summed E-state index contributed by atoms with van der Waals surface area (Å²) in [6, 6.07) is 6.74. The highest BCUT2D eigenvalue weighted by Gasteiger charge is 2.33. The molecule has 0 aromatic heterocycles. The van der Waals surface area contributed by atoms with E-state index in [0.29, 0.717) is 5.75 Å². The van der Waals surface area contributed by atoms with Crippen LogP contribution in [-0.2, 0) is 9.84 Å². The van der Waals surface area contributed by atoms with E-state index in [2.05, 4.69) is 9.80 Å². The van der Waals surface area contributed by atoms with Crippen LogP contribution in [0.3, 0.4) is 0 Å². The normalized spacial score (nSPS) is 25.3. The second-order valence-electron chi connectivity index (χ2n) is 5.85. The van der Waals surface area contributed by atoms with Crippen LogP contribution >= 0.6 is 0 Å². The maximum absolute atomic E-state index is 11.6. The molecule has 120 valence electrons. The minimum Gasteiger partial charge on any atom is -0.369 e. The van der Waals surface area contributed by atoms with E-state index in [1.807, 2.05) is 0 Å². The summed E-state index contributed by atoms with van der Waals surface area (Å²) in [5.41, 5.74) is 1.07. The number of rotatable bonds is 3. The fourth-order valence-corrected chi connectivity index (χ4v) is 4.96. The van der Waals surface area contributed by atoms with Gasteiger partial charge in [0.15, 0.2) is 9.84 Å². The molecule has 22 heavy (non-hydrogen) atoms. The van der Waals surface area contributed by atoms with Gasteiger partial charge in [-0.2, -0.15) is 0 Å². The Bertz CT molecular complexity index is 651. The van der Waals surface area contributed by atoms with Crippen LogP contribution in [0.2, 0.25) is 0 Å². The molecule has 2 fully saturated rings. The third kappa shape index (κ3) is 3.22. The highest BCUT2D eigenvalue weighted by molar-refractivity contribution is 7.91. The van der Waals surface area contributed by atoms with Gasteiger partial charge in [-0.15, -0.1) is 0 Å². The molecule has 2 heterocycles. The van der Waals surface area contributed by atoms with Gasteiger partial charge >= 0.3 is 0 Å². The van der Waals surface area contributed by atoms with Gasteiger partial charge < -0.3 is 4.90 Å². The van der Waals surface area contributed by atoms with Crippen molar-refractivity contribution in [2.45, 2.75) is 12.5 Å². The van der Waals surface area contributed by atoms with Gasteiger partial charge in [0.2, 0.25) is 0 Å². The Kier molecular flexibility index (Phi) is 4.05. The van der Waals surface area contributed by atoms with Gasteiger partial charge in [0.25, 0.3) is 5.69 Å². The smallest absolute Gasteiger partial charge is 0.269 e. The van der Waals surface area contributed by atoms with Crippen molar-refractivity contribution in [2.24, 2.45) is 0 Å². The molecule has 3 rings (SSSR count). The molecule has 2 saturated heterocycles. The zero-order chi connectivity index (χ0) is 15.7. The summed E-state index contributed by atoms with van der Waals surface area (Å²) in [5.74, 6) is 0.588. The third-order valence-electron chi connectivity index (χ3n) is 4.46. The standard InChI is InChI=1S/C14H19N3O4S/c18-17(19)13-3-1-12(2-4-13)15-6-8-16(9-7-15)14-5-10-22(20,21)11-14/h1-4,14H,5-11H2/t14-/m0/s1. The SMILES string of the molecule is O=[N+]([O-])c1ccc(N2CCN([C@H]3CCS(=O)(=O)C3)CC2)cc1. The number of nitro benzene ring substituents is 1. The lowest BCUT2D eigenvalue weighted by Crippen LogP contribution is -2.50. The average molecular weight is 325 g/mol. The monoisotopic (exact) mass is 325 g/mol. The van der Waals surface area contributed by atoms with Crippen LogP contribution in [0, 0.1) is 10.1 Å². The number of piperazine rings is 1. The van der Waals surface area contributed by atoms with E-state index in [4.69, 9.17) is 0 Å². The van der Waals surface area contributed by atoms with Crippen molar-refractivity contribution in [3.05, 3.63) is 34.4 Å². The van der Waals surface area contributed by atoms with Crippen LogP contribution < -0.4 is 4.90 Å². The Morgan fingerprint density at radius 1 is 1.09 bits per heavy atom. The third-order valence-corrected chi connectivity index (χ3v) is 6.22. The summed E-state index contributed by atoms with van der Waals surface area (Å²) in [6.45, 7) is 3.29. The number of nitrogens with zero attached hydrogens (tertiary/aromatic N) is 3. The summed E-state index contributed by atoms with van der Waals surface area (Å²) < 4.78 is 23.1. The molecule has 1 atom stereocenters. The van der Waals surface area contributed by atoms with Crippen molar-refractivity contribution in [3.8, 4) is 0 Å². The van der Waals surface area contributed by atoms with Crippen LogP contribution in [0.1, 0.15) is 6.42 Å². The Hall–Kier alpha value is -1.67. The molecule has 0 spiro atoms. The van der Waals surface area contributed by atoms with E-state index in [0.717, 1.165) is 38.3 Å². The molecule has 7 nitrogen and oxygen atoms in total. The van der Waals surface area contributed by atoms with E-state index in [9.17, 15) is 18.5 Å². The highest BCUT2D eigenvalue weighted by atomic mass is 32.2. The summed E-state index contributed by atoms with van der Waals surface area (Å²) in [4.78, 5) is 14.7. The minimum atomic E-state index is -2.84. The molecule has 8 heteroatoms.